The van der Waals surface area contributed by atoms with Crippen LogP contribution in [-0.2, 0) is 50.7 Å². The summed E-state index contributed by atoms with van der Waals surface area (Å²) in [7, 11) is -16.4. The van der Waals surface area contributed by atoms with Gasteiger partial charge in [-0.3, -0.25) is 32.5 Å². The molecule has 2 aromatic rings. The molecule has 25 nitrogen and oxygen atoms in total. The third-order valence-corrected chi connectivity index (χ3v) is 12.8. The summed E-state index contributed by atoms with van der Waals surface area (Å²) in [6, 6.07) is 0. The van der Waals surface area contributed by atoms with Crippen LogP contribution in [0.15, 0.2) is 12.7 Å². The molecule has 0 saturated carbocycles. The average Bonchev–Trinajstić information content (AvgIpc) is 3.71. The van der Waals surface area contributed by atoms with Crippen LogP contribution < -0.4 is 16.4 Å². The van der Waals surface area contributed by atoms with Crippen molar-refractivity contribution < 1.29 is 85.6 Å². The number of nitrogens with zero attached hydrogens (tertiary/aromatic N) is 4. The second kappa shape index (κ2) is 23.3. The molecule has 1 aliphatic heterocycles. The third kappa shape index (κ3) is 17.0. The monoisotopic (exact) mass is 937 g/mol. The lowest BCUT2D eigenvalue weighted by atomic mass is 9.87. The Morgan fingerprint density at radius 3 is 2.37 bits per heavy atom. The quantitative estimate of drug-likeness (QED) is 0.0437. The summed E-state index contributed by atoms with van der Waals surface area (Å²) in [4.78, 5) is 87.9. The van der Waals surface area contributed by atoms with Gasteiger partial charge in [-0.15, -0.1) is 0 Å². The van der Waals surface area contributed by atoms with Crippen LogP contribution in [0.4, 0.5) is 5.82 Å². The molecule has 0 radical (unpaired) electrons. The van der Waals surface area contributed by atoms with Gasteiger partial charge >= 0.3 is 23.5 Å². The third-order valence-electron chi connectivity index (χ3n) is 8.81. The van der Waals surface area contributed by atoms with Gasteiger partial charge in [-0.2, -0.15) is 4.31 Å². The van der Waals surface area contributed by atoms with E-state index in [0.717, 1.165) is 61.1 Å². The van der Waals surface area contributed by atoms with Gasteiger partial charge in [0.15, 0.2) is 22.8 Å². The van der Waals surface area contributed by atoms with Crippen molar-refractivity contribution in [2.75, 3.05) is 37.8 Å². The van der Waals surface area contributed by atoms with Gasteiger partial charge in [-0.25, -0.2) is 28.6 Å². The largest absolute Gasteiger partial charge is 0.481 e. The van der Waals surface area contributed by atoms with E-state index in [4.69, 9.17) is 19.5 Å². The molecule has 342 valence electrons. The Balaban J connectivity index is 1.42. The summed E-state index contributed by atoms with van der Waals surface area (Å²) >= 11 is 0.986. The van der Waals surface area contributed by atoms with E-state index in [1.807, 2.05) is 0 Å². The predicted octanol–water partition coefficient (Wildman–Crippen LogP) is 0.776. The van der Waals surface area contributed by atoms with Crippen LogP contribution in [0.25, 0.3) is 11.2 Å². The van der Waals surface area contributed by atoms with E-state index in [1.54, 1.807) is 0 Å². The highest BCUT2D eigenvalue weighted by atomic mass is 32.2. The zero-order valence-corrected chi connectivity index (χ0v) is 36.5. The van der Waals surface area contributed by atoms with E-state index in [0.29, 0.717) is 6.42 Å². The fourth-order valence-electron chi connectivity index (χ4n) is 5.63. The minimum atomic E-state index is -5.58. The molecule has 0 bridgehead atoms. The number of rotatable bonds is 27. The number of hydrogen-bond donors (Lipinski definition) is 10. The number of aromatic nitrogens is 4. The SMILES string of the molecule is CCCCCCCC(O)CC(=O)SCCNC(=O)CCNC(=O)[C@H](O)C(C)(C)COP(=O)(O)OP(=O)(O)OC[C@H]1O[C@@H](n2cnc3c(N)ncnc32)[C@H](O)[C@@H]1OP(=O)(O)O. The smallest absolute Gasteiger partial charge is 0.393 e. The first-order valence-electron chi connectivity index (χ1n) is 18.7. The topological polar surface area (TPSA) is 384 Å². The van der Waals surface area contributed by atoms with Gasteiger partial charge in [0.05, 0.1) is 25.6 Å². The maximum Gasteiger partial charge on any atom is 0.481 e. The normalized spacial score (nSPS) is 21.6. The summed E-state index contributed by atoms with van der Waals surface area (Å²) in [6.07, 6.45) is -1.92. The number of nitrogens with one attached hydrogen (secondary N) is 2. The van der Waals surface area contributed by atoms with Crippen molar-refractivity contribution >= 4 is 69.1 Å². The van der Waals surface area contributed by atoms with Crippen molar-refractivity contribution in [1.29, 1.82) is 0 Å². The fraction of sp³-hybridized carbons (Fsp3) is 0.742. The molecular weight excluding hydrogens is 883 g/mol. The lowest BCUT2D eigenvalue weighted by Crippen LogP contribution is -2.46. The second-order valence-electron chi connectivity index (χ2n) is 14.4. The fourth-order valence-corrected chi connectivity index (χ4v) is 9.20. The molecular formula is C31H54N7O18P3S. The van der Waals surface area contributed by atoms with Crippen molar-refractivity contribution in [2.45, 2.75) is 109 Å². The van der Waals surface area contributed by atoms with Crippen LogP contribution in [0.3, 0.4) is 0 Å². The number of thioether (sulfide) groups is 1. The highest BCUT2D eigenvalue weighted by molar-refractivity contribution is 8.13. The van der Waals surface area contributed by atoms with Gasteiger partial charge < -0.3 is 56.0 Å². The van der Waals surface area contributed by atoms with Gasteiger partial charge in [0.25, 0.3) is 0 Å². The number of carbonyl (C=O) groups excluding carboxylic acids is 3. The van der Waals surface area contributed by atoms with Crippen LogP contribution in [0.5, 0.6) is 0 Å². The van der Waals surface area contributed by atoms with E-state index in [9.17, 15) is 63.0 Å². The summed E-state index contributed by atoms with van der Waals surface area (Å²) in [5.74, 6) is -1.23. The zero-order chi connectivity index (χ0) is 44.9. The Labute approximate surface area is 348 Å². The number of unbranched alkanes of at least 4 members (excludes halogenated alkanes) is 4. The van der Waals surface area contributed by atoms with Crippen LogP contribution in [0, 0.1) is 5.41 Å². The Hall–Kier alpha value is -2.48. The molecule has 0 aromatic carbocycles. The lowest BCUT2D eigenvalue weighted by Gasteiger charge is -2.30. The van der Waals surface area contributed by atoms with Crippen molar-refractivity contribution in [3.63, 3.8) is 0 Å². The Kier molecular flexibility index (Phi) is 20.1. The number of aliphatic hydroxyl groups excluding tert-OH is 3. The summed E-state index contributed by atoms with van der Waals surface area (Å²) < 4.78 is 62.2. The van der Waals surface area contributed by atoms with Gasteiger partial charge in [0.2, 0.25) is 11.8 Å². The van der Waals surface area contributed by atoms with E-state index in [1.165, 1.54) is 13.8 Å². The van der Waals surface area contributed by atoms with Gasteiger partial charge in [0.1, 0.15) is 36.3 Å². The number of aliphatic hydroxyl groups is 3. The number of nitrogens with two attached hydrogens (primary N) is 1. The van der Waals surface area contributed by atoms with E-state index >= 15 is 0 Å². The van der Waals surface area contributed by atoms with E-state index < -0.39 is 90.7 Å². The molecule has 29 heteroatoms. The molecule has 1 fully saturated rings. The van der Waals surface area contributed by atoms with Crippen molar-refractivity contribution in [2.24, 2.45) is 5.41 Å². The number of ether oxygens (including phenoxy) is 1. The first-order chi connectivity index (χ1) is 27.9. The number of nitrogen functional groups attached to an aromatic ring is 1. The molecule has 2 amide bonds. The minimum absolute atomic E-state index is 0.0221. The van der Waals surface area contributed by atoms with Gasteiger partial charge in [-0.05, 0) is 6.42 Å². The molecule has 1 aliphatic rings. The number of phosphoric ester groups is 3. The Morgan fingerprint density at radius 2 is 1.68 bits per heavy atom. The first kappa shape index (κ1) is 51.9. The molecule has 2 aromatic heterocycles. The van der Waals surface area contributed by atoms with Gasteiger partial charge in [-0.1, -0.05) is 64.6 Å². The summed E-state index contributed by atoms with van der Waals surface area (Å²) in [5, 5.41) is 36.3. The predicted molar refractivity (Wildman–Crippen MR) is 211 cm³/mol. The molecule has 1 saturated heterocycles. The van der Waals surface area contributed by atoms with Crippen LogP contribution in [0.1, 0.15) is 78.4 Å². The Morgan fingerprint density at radius 1 is 1.00 bits per heavy atom. The molecule has 3 unspecified atom stereocenters. The lowest BCUT2D eigenvalue weighted by molar-refractivity contribution is -0.137. The number of imidazole rings is 1. The maximum atomic E-state index is 12.7. The van der Waals surface area contributed by atoms with Crippen LogP contribution in [0.2, 0.25) is 0 Å². The number of hydrogen-bond acceptors (Lipinski definition) is 19. The maximum absolute atomic E-state index is 12.7. The molecule has 3 rings (SSSR count). The Bertz CT molecular complexity index is 1890. The van der Waals surface area contributed by atoms with E-state index in [2.05, 4.69) is 41.3 Å². The molecule has 3 heterocycles. The van der Waals surface area contributed by atoms with E-state index in [-0.39, 0.29) is 53.8 Å². The minimum Gasteiger partial charge on any atom is -0.393 e. The summed E-state index contributed by atoms with van der Waals surface area (Å²) in [5.41, 5.74) is 4.25. The molecule has 60 heavy (non-hydrogen) atoms. The molecule has 0 aliphatic carbocycles. The number of amides is 2. The standard InChI is InChI=1S/C31H54N7O18P3S/c1-4-5-6-7-8-9-19(39)14-22(41)60-13-12-33-21(40)10-11-34-29(44)26(43)31(2,3)16-53-59(50,51)56-58(48,49)52-15-20-25(55-57(45,46)47)24(42)30(54-20)38-18-37-23-27(32)35-17-36-28(23)38/h17-20,24-26,30,39,42-43H,4-16H2,1-3H3,(H,33,40)(H,34,44)(H,48,49)(H,50,51)(H2,32,35,36)(H2,45,46,47)/t19?,20-,24-,25-,26+,30-/m1/s1. The molecule has 8 atom stereocenters. The number of phosphoric acid groups is 3. The van der Waals surface area contributed by atoms with Crippen molar-refractivity contribution in [3.8, 4) is 0 Å². The molecule has 11 N–H and O–H groups in total. The first-order valence-corrected chi connectivity index (χ1v) is 24.2. The zero-order valence-electron chi connectivity index (χ0n) is 33.0. The van der Waals surface area contributed by atoms with Crippen LogP contribution in [-0.4, -0.2) is 134 Å². The van der Waals surface area contributed by atoms with Gasteiger partial charge in [0, 0.05) is 37.1 Å². The highest BCUT2D eigenvalue weighted by Crippen LogP contribution is 2.61. The number of anilines is 1. The van der Waals surface area contributed by atoms with Crippen molar-refractivity contribution in [3.05, 3.63) is 12.7 Å². The van der Waals surface area contributed by atoms with Crippen LogP contribution >= 0.6 is 35.2 Å². The average molecular weight is 938 g/mol. The van der Waals surface area contributed by atoms with Crippen molar-refractivity contribution in [1.82, 2.24) is 30.2 Å². The highest BCUT2D eigenvalue weighted by Gasteiger charge is 2.50. The summed E-state index contributed by atoms with van der Waals surface area (Å²) in [6.45, 7) is 2.50. The molecule has 0 spiro atoms. The second-order valence-corrected chi connectivity index (χ2v) is 19.7. The number of carbonyl (C=O) groups is 3. The number of fused-ring (bicyclic) bond motifs is 1.